The summed E-state index contributed by atoms with van der Waals surface area (Å²) in [6, 6.07) is 5.35. The first kappa shape index (κ1) is 19.5. The number of nitrogens with zero attached hydrogens (tertiary/aromatic N) is 2. The average molecular weight is 393 g/mol. The molecule has 0 bridgehead atoms. The van der Waals surface area contributed by atoms with Gasteiger partial charge in [0.05, 0.1) is 22.6 Å². The number of rotatable bonds is 5. The van der Waals surface area contributed by atoms with Crippen LogP contribution in [-0.2, 0) is 26.2 Å². The molecule has 2 aromatic rings. The van der Waals surface area contributed by atoms with Gasteiger partial charge in [-0.25, -0.2) is 17.7 Å². The number of sulfonamides is 1. The Kier molecular flexibility index (Phi) is 5.61. The molecule has 1 aliphatic rings. The van der Waals surface area contributed by atoms with Crippen LogP contribution >= 0.6 is 0 Å². The second-order valence-electron chi connectivity index (χ2n) is 6.67. The topological polar surface area (TPSA) is 109 Å². The van der Waals surface area contributed by atoms with Crippen LogP contribution in [0.25, 0.3) is 10.9 Å². The van der Waals surface area contributed by atoms with Crippen molar-refractivity contribution in [2.24, 2.45) is 5.92 Å². The molecule has 0 saturated carbocycles. The van der Waals surface area contributed by atoms with E-state index in [1.165, 1.54) is 4.31 Å². The Morgan fingerprint density at radius 2 is 2.04 bits per heavy atom. The molecule has 0 aliphatic carbocycles. The summed E-state index contributed by atoms with van der Waals surface area (Å²) in [6.45, 7) is 3.99. The van der Waals surface area contributed by atoms with Crippen LogP contribution in [0.2, 0.25) is 0 Å². The molecule has 0 atom stereocenters. The number of aromatic nitrogens is 2. The molecular weight excluding hydrogens is 370 g/mol. The van der Waals surface area contributed by atoms with Crippen molar-refractivity contribution in [3.63, 3.8) is 0 Å². The van der Waals surface area contributed by atoms with E-state index in [-0.39, 0.29) is 23.8 Å². The molecule has 146 valence electrons. The predicted octanol–water partition coefficient (Wildman–Crippen LogP) is 1.34. The predicted molar refractivity (Wildman–Crippen MR) is 101 cm³/mol. The molecule has 1 fully saturated rings. The van der Waals surface area contributed by atoms with Gasteiger partial charge in [-0.3, -0.25) is 9.59 Å². The Morgan fingerprint density at radius 1 is 1.33 bits per heavy atom. The number of nitrogens with one attached hydrogen (secondary N) is 1. The van der Waals surface area contributed by atoms with Gasteiger partial charge in [-0.1, -0.05) is 12.1 Å². The zero-order chi connectivity index (χ0) is 19.6. The SMILES string of the molecule is CCS(=O)(=O)N1CCC(C(=O)OCc2nc3c(C)cccc3c(=O)[nH]2)CC1. The lowest BCUT2D eigenvalue weighted by atomic mass is 9.98. The number of carbonyl (C=O) groups excluding carboxylic acids is 1. The fourth-order valence-corrected chi connectivity index (χ4v) is 4.36. The van der Waals surface area contributed by atoms with E-state index in [1.807, 2.05) is 13.0 Å². The molecule has 1 aromatic heterocycles. The van der Waals surface area contributed by atoms with Crippen LogP contribution in [0.15, 0.2) is 23.0 Å². The maximum absolute atomic E-state index is 12.3. The summed E-state index contributed by atoms with van der Waals surface area (Å²) in [4.78, 5) is 31.5. The fourth-order valence-electron chi connectivity index (χ4n) is 3.23. The normalized spacial score (nSPS) is 16.5. The van der Waals surface area contributed by atoms with Gasteiger partial charge in [-0.15, -0.1) is 0 Å². The number of ether oxygens (including phenoxy) is 1. The van der Waals surface area contributed by atoms with Crippen molar-refractivity contribution < 1.29 is 17.9 Å². The Bertz CT molecular complexity index is 1010. The zero-order valence-corrected chi connectivity index (χ0v) is 16.2. The highest BCUT2D eigenvalue weighted by Crippen LogP contribution is 2.21. The molecule has 1 aromatic carbocycles. The second kappa shape index (κ2) is 7.77. The Hall–Kier alpha value is -2.26. The Morgan fingerprint density at radius 3 is 2.70 bits per heavy atom. The van der Waals surface area contributed by atoms with Crippen molar-refractivity contribution in [2.45, 2.75) is 33.3 Å². The van der Waals surface area contributed by atoms with Gasteiger partial charge < -0.3 is 9.72 Å². The van der Waals surface area contributed by atoms with Crippen molar-refractivity contribution in [3.8, 4) is 0 Å². The largest absolute Gasteiger partial charge is 0.457 e. The quantitative estimate of drug-likeness (QED) is 0.768. The van der Waals surface area contributed by atoms with Gasteiger partial charge in [0.2, 0.25) is 10.0 Å². The number of fused-ring (bicyclic) bond motifs is 1. The van der Waals surface area contributed by atoms with E-state index >= 15 is 0 Å². The molecule has 0 unspecified atom stereocenters. The maximum atomic E-state index is 12.3. The average Bonchev–Trinajstić information content (AvgIpc) is 2.67. The van der Waals surface area contributed by atoms with Gasteiger partial charge in [0.15, 0.2) is 0 Å². The van der Waals surface area contributed by atoms with Gasteiger partial charge in [0.25, 0.3) is 5.56 Å². The highest BCUT2D eigenvalue weighted by atomic mass is 32.2. The number of piperidine rings is 1. The number of benzene rings is 1. The minimum absolute atomic E-state index is 0.0581. The number of aryl methyl sites for hydroxylation is 1. The molecule has 1 saturated heterocycles. The first-order valence-electron chi connectivity index (χ1n) is 8.95. The maximum Gasteiger partial charge on any atom is 0.309 e. The smallest absolute Gasteiger partial charge is 0.309 e. The van der Waals surface area contributed by atoms with E-state index in [0.717, 1.165) is 5.56 Å². The van der Waals surface area contributed by atoms with Crippen LogP contribution in [0.1, 0.15) is 31.2 Å². The summed E-state index contributed by atoms with van der Waals surface area (Å²) < 4.78 is 30.5. The summed E-state index contributed by atoms with van der Waals surface area (Å²) in [5, 5.41) is 0.495. The fraction of sp³-hybridized carbons (Fsp3) is 0.500. The Balaban J connectivity index is 1.63. The van der Waals surface area contributed by atoms with Crippen molar-refractivity contribution in [2.75, 3.05) is 18.8 Å². The van der Waals surface area contributed by atoms with Gasteiger partial charge in [-0.05, 0) is 38.3 Å². The Labute approximate surface area is 157 Å². The molecule has 1 N–H and O–H groups in total. The van der Waals surface area contributed by atoms with Crippen LogP contribution < -0.4 is 5.56 Å². The van der Waals surface area contributed by atoms with Crippen molar-refractivity contribution in [3.05, 3.63) is 39.9 Å². The lowest BCUT2D eigenvalue weighted by Gasteiger charge is -2.29. The van der Waals surface area contributed by atoms with Crippen LogP contribution in [0.5, 0.6) is 0 Å². The number of carbonyl (C=O) groups is 1. The summed E-state index contributed by atoms with van der Waals surface area (Å²) in [5.41, 5.74) is 1.19. The lowest BCUT2D eigenvalue weighted by molar-refractivity contribution is -0.151. The molecule has 1 aliphatic heterocycles. The molecule has 8 nitrogen and oxygen atoms in total. The van der Waals surface area contributed by atoms with E-state index in [0.29, 0.717) is 42.7 Å². The summed E-state index contributed by atoms with van der Waals surface area (Å²) in [5.74, 6) is -0.387. The van der Waals surface area contributed by atoms with Crippen LogP contribution in [0, 0.1) is 12.8 Å². The van der Waals surface area contributed by atoms with E-state index in [9.17, 15) is 18.0 Å². The van der Waals surface area contributed by atoms with Gasteiger partial charge in [0, 0.05) is 13.1 Å². The summed E-state index contributed by atoms with van der Waals surface area (Å²) in [6.07, 6.45) is 0.859. The van der Waals surface area contributed by atoms with E-state index in [2.05, 4.69) is 9.97 Å². The zero-order valence-electron chi connectivity index (χ0n) is 15.4. The van der Waals surface area contributed by atoms with Crippen LogP contribution in [-0.4, -0.2) is 47.5 Å². The number of esters is 1. The van der Waals surface area contributed by atoms with Gasteiger partial charge >= 0.3 is 5.97 Å². The van der Waals surface area contributed by atoms with E-state index in [4.69, 9.17) is 4.74 Å². The first-order valence-corrected chi connectivity index (χ1v) is 10.6. The number of hydrogen-bond donors (Lipinski definition) is 1. The molecule has 0 radical (unpaired) electrons. The van der Waals surface area contributed by atoms with Crippen LogP contribution in [0.4, 0.5) is 0 Å². The molecule has 27 heavy (non-hydrogen) atoms. The number of aromatic amines is 1. The minimum Gasteiger partial charge on any atom is -0.457 e. The molecular formula is C18H23N3O5S. The third kappa shape index (κ3) is 4.19. The van der Waals surface area contributed by atoms with Crippen molar-refractivity contribution in [1.29, 1.82) is 0 Å². The second-order valence-corrected chi connectivity index (χ2v) is 8.92. The third-order valence-corrected chi connectivity index (χ3v) is 6.77. The molecule has 0 amide bonds. The highest BCUT2D eigenvalue weighted by molar-refractivity contribution is 7.89. The van der Waals surface area contributed by atoms with E-state index in [1.54, 1.807) is 19.1 Å². The monoisotopic (exact) mass is 393 g/mol. The van der Waals surface area contributed by atoms with Gasteiger partial charge in [0.1, 0.15) is 12.4 Å². The molecule has 0 spiro atoms. The minimum atomic E-state index is -3.22. The summed E-state index contributed by atoms with van der Waals surface area (Å²) >= 11 is 0. The van der Waals surface area contributed by atoms with E-state index < -0.39 is 16.0 Å². The van der Waals surface area contributed by atoms with Crippen molar-refractivity contribution in [1.82, 2.24) is 14.3 Å². The number of hydrogen-bond acceptors (Lipinski definition) is 6. The lowest BCUT2D eigenvalue weighted by Crippen LogP contribution is -2.41. The standard InChI is InChI=1S/C18H23N3O5S/c1-3-27(24,25)21-9-7-13(8-10-21)18(23)26-11-15-19-16-12(2)5-4-6-14(16)17(22)20-15/h4-6,13H,3,7-11H2,1-2H3,(H,19,20,22). The number of para-hydroxylation sites is 1. The molecule has 2 heterocycles. The molecule has 3 rings (SSSR count). The van der Waals surface area contributed by atoms with Crippen molar-refractivity contribution >= 4 is 26.9 Å². The summed E-state index contributed by atoms with van der Waals surface area (Å²) in [7, 11) is -3.22. The highest BCUT2D eigenvalue weighted by Gasteiger charge is 2.31. The first-order chi connectivity index (χ1) is 12.8. The third-order valence-electron chi connectivity index (χ3n) is 4.88. The van der Waals surface area contributed by atoms with Gasteiger partial charge in [-0.2, -0.15) is 0 Å². The molecule has 9 heteroatoms. The number of H-pyrrole nitrogens is 1. The van der Waals surface area contributed by atoms with Crippen LogP contribution in [0.3, 0.4) is 0 Å².